The Labute approximate surface area is 111 Å². The van der Waals surface area contributed by atoms with E-state index in [0.717, 1.165) is 25.2 Å². The summed E-state index contributed by atoms with van der Waals surface area (Å²) >= 11 is 0. The third-order valence-electron chi connectivity index (χ3n) is 4.05. The highest BCUT2D eigenvalue weighted by atomic mass is 16.3. The van der Waals surface area contributed by atoms with Gasteiger partial charge in [-0.2, -0.15) is 0 Å². The first kappa shape index (κ1) is 13.6. The molecule has 1 saturated heterocycles. The summed E-state index contributed by atoms with van der Waals surface area (Å²) < 4.78 is 0. The van der Waals surface area contributed by atoms with Crippen molar-refractivity contribution in [3.05, 3.63) is 34.9 Å². The average Bonchev–Trinajstić information content (AvgIpc) is 2.61. The largest absolute Gasteiger partial charge is 0.387 e. The number of aliphatic hydroxyl groups excluding tert-OH is 1. The Morgan fingerprint density at radius 2 is 1.72 bits per heavy atom. The summed E-state index contributed by atoms with van der Waals surface area (Å²) in [6.45, 7) is 7.28. The maximum atomic E-state index is 10.3. The second-order valence-corrected chi connectivity index (χ2v) is 5.57. The molecular formula is C16H25NO. The summed E-state index contributed by atoms with van der Waals surface area (Å²) in [7, 11) is 0. The average molecular weight is 247 g/mol. The zero-order chi connectivity index (χ0) is 13.0. The number of rotatable bonds is 3. The van der Waals surface area contributed by atoms with Crippen molar-refractivity contribution in [2.45, 2.75) is 45.6 Å². The Hall–Kier alpha value is -0.860. The number of hydrogen-bond acceptors (Lipinski definition) is 2. The second-order valence-electron chi connectivity index (χ2n) is 5.57. The van der Waals surface area contributed by atoms with E-state index in [1.165, 1.54) is 36.8 Å². The van der Waals surface area contributed by atoms with Gasteiger partial charge in [0.05, 0.1) is 6.10 Å². The molecule has 100 valence electrons. The van der Waals surface area contributed by atoms with E-state index in [1.807, 2.05) is 0 Å². The van der Waals surface area contributed by atoms with Gasteiger partial charge in [-0.25, -0.2) is 0 Å². The van der Waals surface area contributed by atoms with Crippen LogP contribution in [0.25, 0.3) is 0 Å². The molecule has 1 atom stereocenters. The van der Waals surface area contributed by atoms with E-state index in [2.05, 4.69) is 36.9 Å². The number of nitrogens with zero attached hydrogens (tertiary/aromatic N) is 1. The Morgan fingerprint density at radius 3 is 2.33 bits per heavy atom. The van der Waals surface area contributed by atoms with Crippen molar-refractivity contribution in [1.82, 2.24) is 4.90 Å². The van der Waals surface area contributed by atoms with Crippen molar-refractivity contribution >= 4 is 0 Å². The molecule has 18 heavy (non-hydrogen) atoms. The van der Waals surface area contributed by atoms with E-state index in [-0.39, 0.29) is 6.10 Å². The third kappa shape index (κ3) is 3.56. The van der Waals surface area contributed by atoms with Gasteiger partial charge in [0.1, 0.15) is 0 Å². The lowest BCUT2D eigenvalue weighted by molar-refractivity contribution is 0.115. The predicted molar refractivity (Wildman–Crippen MR) is 75.8 cm³/mol. The molecule has 1 aromatic rings. The molecule has 0 bridgehead atoms. The Balaban J connectivity index is 1.97. The lowest BCUT2D eigenvalue weighted by atomic mass is 10.0. The van der Waals surface area contributed by atoms with E-state index in [1.54, 1.807) is 0 Å². The minimum Gasteiger partial charge on any atom is -0.387 e. The third-order valence-corrected chi connectivity index (χ3v) is 4.05. The monoisotopic (exact) mass is 247 g/mol. The molecule has 1 heterocycles. The maximum Gasteiger partial charge on any atom is 0.0917 e. The maximum absolute atomic E-state index is 10.3. The zero-order valence-electron chi connectivity index (χ0n) is 11.7. The highest BCUT2D eigenvalue weighted by Crippen LogP contribution is 2.19. The van der Waals surface area contributed by atoms with Crippen LogP contribution in [0, 0.1) is 13.8 Å². The van der Waals surface area contributed by atoms with Crippen LogP contribution in [0.15, 0.2) is 18.2 Å². The first-order valence-corrected chi connectivity index (χ1v) is 7.14. The molecule has 0 saturated carbocycles. The molecule has 0 spiro atoms. The van der Waals surface area contributed by atoms with Gasteiger partial charge in [-0.05, 0) is 56.5 Å². The molecule has 0 aromatic heterocycles. The molecule has 0 radical (unpaired) electrons. The van der Waals surface area contributed by atoms with Crippen molar-refractivity contribution in [1.29, 1.82) is 0 Å². The summed E-state index contributed by atoms with van der Waals surface area (Å²) in [4.78, 5) is 2.41. The van der Waals surface area contributed by atoms with Crippen molar-refractivity contribution in [3.63, 3.8) is 0 Å². The van der Waals surface area contributed by atoms with Crippen molar-refractivity contribution in [3.8, 4) is 0 Å². The summed E-state index contributed by atoms with van der Waals surface area (Å²) in [5, 5.41) is 10.3. The number of aliphatic hydroxyl groups is 1. The van der Waals surface area contributed by atoms with Gasteiger partial charge in [-0.3, -0.25) is 0 Å². The highest BCUT2D eigenvalue weighted by molar-refractivity contribution is 5.31. The van der Waals surface area contributed by atoms with Gasteiger partial charge in [0, 0.05) is 6.54 Å². The second kappa shape index (κ2) is 6.35. The Bertz CT molecular complexity index is 381. The lowest BCUT2D eigenvalue weighted by Crippen LogP contribution is -2.29. The van der Waals surface area contributed by atoms with Crippen LogP contribution in [0.1, 0.15) is 48.5 Å². The minimum absolute atomic E-state index is 0.345. The van der Waals surface area contributed by atoms with Crippen LogP contribution in [0.5, 0.6) is 0 Å². The number of aryl methyl sites for hydroxylation is 2. The first-order chi connectivity index (χ1) is 8.66. The zero-order valence-corrected chi connectivity index (χ0v) is 11.7. The number of likely N-dealkylation sites (tertiary alicyclic amines) is 1. The minimum atomic E-state index is -0.345. The Kier molecular flexibility index (Phi) is 4.79. The predicted octanol–water partition coefficient (Wildman–Crippen LogP) is 3.21. The van der Waals surface area contributed by atoms with Crippen LogP contribution in [0.4, 0.5) is 0 Å². The first-order valence-electron chi connectivity index (χ1n) is 7.14. The van der Waals surface area contributed by atoms with Crippen LogP contribution in [-0.4, -0.2) is 29.6 Å². The molecule has 1 aliphatic rings. The summed E-state index contributed by atoms with van der Waals surface area (Å²) in [6, 6.07) is 6.29. The topological polar surface area (TPSA) is 23.5 Å². The summed E-state index contributed by atoms with van der Waals surface area (Å²) in [5.74, 6) is 0. The van der Waals surface area contributed by atoms with E-state index in [4.69, 9.17) is 0 Å². The fourth-order valence-electron chi connectivity index (χ4n) is 2.64. The molecular weight excluding hydrogens is 222 g/mol. The van der Waals surface area contributed by atoms with Gasteiger partial charge in [0.2, 0.25) is 0 Å². The Morgan fingerprint density at radius 1 is 1.06 bits per heavy atom. The number of β-amino-alcohol motifs (C(OH)–C–C–N with tert-alkyl or cyclic N) is 1. The normalized spacial score (nSPS) is 19.5. The molecule has 1 aromatic carbocycles. The molecule has 1 unspecified atom stereocenters. The van der Waals surface area contributed by atoms with Crippen LogP contribution in [-0.2, 0) is 0 Å². The van der Waals surface area contributed by atoms with E-state index in [0.29, 0.717) is 0 Å². The number of hydrogen-bond donors (Lipinski definition) is 1. The molecule has 2 nitrogen and oxygen atoms in total. The summed E-state index contributed by atoms with van der Waals surface area (Å²) in [6.07, 6.45) is 4.90. The van der Waals surface area contributed by atoms with Gasteiger partial charge in [0.25, 0.3) is 0 Å². The van der Waals surface area contributed by atoms with Crippen LogP contribution in [0.2, 0.25) is 0 Å². The van der Waals surface area contributed by atoms with Gasteiger partial charge in [-0.1, -0.05) is 31.0 Å². The smallest absolute Gasteiger partial charge is 0.0917 e. The van der Waals surface area contributed by atoms with Crippen LogP contribution in [0.3, 0.4) is 0 Å². The fourth-order valence-corrected chi connectivity index (χ4v) is 2.64. The molecule has 2 heteroatoms. The SMILES string of the molecule is Cc1ccc(C(O)CN2CCCCCC2)cc1C. The van der Waals surface area contributed by atoms with Gasteiger partial charge < -0.3 is 10.0 Å². The van der Waals surface area contributed by atoms with E-state index >= 15 is 0 Å². The highest BCUT2D eigenvalue weighted by Gasteiger charge is 2.15. The number of benzene rings is 1. The van der Waals surface area contributed by atoms with Gasteiger partial charge >= 0.3 is 0 Å². The quantitative estimate of drug-likeness (QED) is 0.886. The molecule has 1 aliphatic heterocycles. The van der Waals surface area contributed by atoms with Gasteiger partial charge in [0.15, 0.2) is 0 Å². The van der Waals surface area contributed by atoms with E-state index < -0.39 is 0 Å². The molecule has 0 amide bonds. The van der Waals surface area contributed by atoms with Crippen LogP contribution < -0.4 is 0 Å². The summed E-state index contributed by atoms with van der Waals surface area (Å²) in [5.41, 5.74) is 3.62. The van der Waals surface area contributed by atoms with E-state index in [9.17, 15) is 5.11 Å². The van der Waals surface area contributed by atoms with Gasteiger partial charge in [-0.15, -0.1) is 0 Å². The lowest BCUT2D eigenvalue weighted by Gasteiger charge is -2.23. The standard InChI is InChI=1S/C16H25NO/c1-13-7-8-15(11-14(13)2)16(18)12-17-9-5-3-4-6-10-17/h7-8,11,16,18H,3-6,9-10,12H2,1-2H3. The molecule has 1 fully saturated rings. The van der Waals surface area contributed by atoms with Crippen molar-refractivity contribution < 1.29 is 5.11 Å². The van der Waals surface area contributed by atoms with Crippen LogP contribution >= 0.6 is 0 Å². The fraction of sp³-hybridized carbons (Fsp3) is 0.625. The van der Waals surface area contributed by atoms with Crippen molar-refractivity contribution in [2.24, 2.45) is 0 Å². The molecule has 2 rings (SSSR count). The molecule has 0 aliphatic carbocycles. The molecule has 1 N–H and O–H groups in total. The van der Waals surface area contributed by atoms with Crippen molar-refractivity contribution in [2.75, 3.05) is 19.6 Å².